The van der Waals surface area contributed by atoms with Gasteiger partial charge in [-0.05, 0) is 68.7 Å². The molecule has 4 nitrogen and oxygen atoms in total. The highest BCUT2D eigenvalue weighted by Gasteiger charge is 2.32. The Kier molecular flexibility index (Phi) is 6.82. The molecule has 0 bridgehead atoms. The molecule has 1 aromatic heterocycles. The van der Waals surface area contributed by atoms with Gasteiger partial charge in [0.1, 0.15) is 5.60 Å². The van der Waals surface area contributed by atoms with Crippen LogP contribution in [0.5, 0.6) is 0 Å². The van der Waals surface area contributed by atoms with Crippen molar-refractivity contribution in [1.82, 2.24) is 4.57 Å². The number of hydrogen-bond acceptors (Lipinski definition) is 3. The van der Waals surface area contributed by atoms with E-state index in [-0.39, 0.29) is 17.0 Å². The fourth-order valence-electron chi connectivity index (χ4n) is 4.05. The van der Waals surface area contributed by atoms with Gasteiger partial charge in [0, 0.05) is 11.1 Å². The predicted molar refractivity (Wildman–Crippen MR) is 137 cm³/mol. The van der Waals surface area contributed by atoms with Crippen LogP contribution < -0.4 is 0 Å². The number of benzene rings is 3. The first-order valence-corrected chi connectivity index (χ1v) is 11.7. The molecule has 0 atom stereocenters. The van der Waals surface area contributed by atoms with Gasteiger partial charge in [0.2, 0.25) is 0 Å². The molecule has 0 radical (unpaired) electrons. The number of hydrogen-bond donors (Lipinski definition) is 0. The maximum Gasteiger partial charge on any atom is 0.419 e. The van der Waals surface area contributed by atoms with Crippen LogP contribution in [0.4, 0.5) is 18.0 Å². The van der Waals surface area contributed by atoms with Crippen LogP contribution in [0.15, 0.2) is 84.9 Å². The first-order chi connectivity index (χ1) is 17.3. The second-order valence-corrected chi connectivity index (χ2v) is 9.68. The molecule has 1 heterocycles. The number of carbonyl (C=O) groups excluding carboxylic acids is 2. The molecule has 0 spiro atoms. The van der Waals surface area contributed by atoms with E-state index >= 15 is 0 Å². The predicted octanol–water partition coefficient (Wildman–Crippen LogP) is 8.49. The average Bonchev–Trinajstić information content (AvgIpc) is 3.28. The first-order valence-electron chi connectivity index (χ1n) is 11.7. The third kappa shape index (κ3) is 5.66. The zero-order valence-corrected chi connectivity index (χ0v) is 20.9. The summed E-state index contributed by atoms with van der Waals surface area (Å²) < 4.78 is 48.3. The molecule has 0 aliphatic carbocycles. The molecule has 190 valence electrons. The highest BCUT2D eigenvalue weighted by molar-refractivity contribution is 5.95. The number of alkyl halides is 3. The van der Waals surface area contributed by atoms with Crippen molar-refractivity contribution in [3.63, 3.8) is 0 Å². The van der Waals surface area contributed by atoms with Gasteiger partial charge in [0.05, 0.1) is 17.0 Å². The smallest absolute Gasteiger partial charge is 0.419 e. The van der Waals surface area contributed by atoms with Crippen molar-refractivity contribution < 1.29 is 27.5 Å². The molecule has 4 rings (SSSR count). The Labute approximate surface area is 213 Å². The van der Waals surface area contributed by atoms with E-state index in [1.807, 2.05) is 30.3 Å². The lowest BCUT2D eigenvalue weighted by molar-refractivity contribution is -0.137. The van der Waals surface area contributed by atoms with Crippen LogP contribution in [0.25, 0.3) is 33.6 Å². The van der Waals surface area contributed by atoms with Gasteiger partial charge in [0.15, 0.2) is 5.78 Å². The molecule has 0 aliphatic rings. The summed E-state index contributed by atoms with van der Waals surface area (Å²) in [5, 5.41) is 0. The topological polar surface area (TPSA) is 48.3 Å². The summed E-state index contributed by atoms with van der Waals surface area (Å²) in [6.07, 6.45) is -5.29. The van der Waals surface area contributed by atoms with E-state index in [1.54, 1.807) is 57.2 Å². The molecule has 0 N–H and O–H groups in total. The summed E-state index contributed by atoms with van der Waals surface area (Å²) in [7, 11) is 0. The number of nitrogens with zero attached hydrogens (tertiary/aromatic N) is 1. The molecule has 37 heavy (non-hydrogen) atoms. The van der Waals surface area contributed by atoms with Gasteiger partial charge >= 0.3 is 12.3 Å². The van der Waals surface area contributed by atoms with Crippen LogP contribution in [-0.4, -0.2) is 22.0 Å². The van der Waals surface area contributed by atoms with Crippen LogP contribution in [-0.2, 0) is 10.9 Å². The second kappa shape index (κ2) is 9.73. The molecule has 3 aromatic carbocycles. The van der Waals surface area contributed by atoms with Gasteiger partial charge in [-0.2, -0.15) is 13.2 Å². The standard InChI is InChI=1S/C30H26F3NO3/c1-19(35)20-10-12-21(13-11-20)24-15-14-23(30(31,32)33)18-25(24)27-17-16-26(22-8-6-5-7-9-22)34(27)28(36)37-29(2,3)4/h5-18H,1-4H3. The van der Waals surface area contributed by atoms with E-state index < -0.39 is 23.4 Å². The summed E-state index contributed by atoms with van der Waals surface area (Å²) >= 11 is 0. The van der Waals surface area contributed by atoms with Crippen molar-refractivity contribution in [3.05, 3.63) is 96.1 Å². The summed E-state index contributed by atoms with van der Waals surface area (Å²) in [4.78, 5) is 25.2. The van der Waals surface area contributed by atoms with Crippen molar-refractivity contribution in [2.24, 2.45) is 0 Å². The van der Waals surface area contributed by atoms with E-state index in [0.717, 1.165) is 12.1 Å². The van der Waals surface area contributed by atoms with Gasteiger partial charge in [-0.1, -0.05) is 60.7 Å². The molecule has 0 fully saturated rings. The fourth-order valence-corrected chi connectivity index (χ4v) is 4.05. The van der Waals surface area contributed by atoms with Crippen LogP contribution in [0, 0.1) is 0 Å². The third-order valence-corrected chi connectivity index (χ3v) is 5.75. The lowest BCUT2D eigenvalue weighted by Crippen LogP contribution is -2.28. The minimum Gasteiger partial charge on any atom is -0.443 e. The van der Waals surface area contributed by atoms with E-state index in [2.05, 4.69) is 0 Å². The Morgan fingerprint density at radius 3 is 1.92 bits per heavy atom. The number of Topliss-reactive ketones (excluding diaryl/α,β-unsaturated/α-hetero) is 1. The number of ketones is 1. The SMILES string of the molecule is CC(=O)c1ccc(-c2ccc(C(F)(F)F)cc2-c2ccc(-c3ccccc3)n2C(=O)OC(C)(C)C)cc1. The highest BCUT2D eigenvalue weighted by atomic mass is 19.4. The number of ether oxygens (including phenoxy) is 1. The summed E-state index contributed by atoms with van der Waals surface area (Å²) in [5.41, 5.74) is 1.55. The van der Waals surface area contributed by atoms with Gasteiger partial charge in [-0.15, -0.1) is 0 Å². The van der Waals surface area contributed by atoms with E-state index in [4.69, 9.17) is 4.74 Å². The molecular weight excluding hydrogens is 479 g/mol. The zero-order chi connectivity index (χ0) is 27.0. The number of halogens is 3. The first kappa shape index (κ1) is 25.9. The summed E-state index contributed by atoms with van der Waals surface area (Å²) in [5.74, 6) is -0.120. The quantitative estimate of drug-likeness (QED) is 0.261. The lowest BCUT2D eigenvalue weighted by atomic mass is 9.94. The minimum atomic E-state index is -4.59. The lowest BCUT2D eigenvalue weighted by Gasteiger charge is -2.23. The van der Waals surface area contributed by atoms with Crippen molar-refractivity contribution in [2.45, 2.75) is 39.5 Å². The highest BCUT2D eigenvalue weighted by Crippen LogP contribution is 2.40. The molecule has 0 amide bonds. The average molecular weight is 506 g/mol. The maximum atomic E-state index is 13.8. The van der Waals surface area contributed by atoms with Crippen molar-refractivity contribution in [2.75, 3.05) is 0 Å². The van der Waals surface area contributed by atoms with Crippen LogP contribution in [0.2, 0.25) is 0 Å². The molecule has 7 heteroatoms. The van der Waals surface area contributed by atoms with Gasteiger partial charge in [0.25, 0.3) is 0 Å². The number of rotatable bonds is 4. The zero-order valence-electron chi connectivity index (χ0n) is 20.9. The normalized spacial score (nSPS) is 11.9. The van der Waals surface area contributed by atoms with Crippen molar-refractivity contribution in [1.29, 1.82) is 0 Å². The second-order valence-electron chi connectivity index (χ2n) is 9.68. The van der Waals surface area contributed by atoms with Crippen molar-refractivity contribution >= 4 is 11.9 Å². The Morgan fingerprint density at radius 1 is 0.730 bits per heavy atom. The summed E-state index contributed by atoms with van der Waals surface area (Å²) in [6, 6.07) is 22.5. The molecule has 4 aromatic rings. The Hall–Kier alpha value is -4.13. The van der Waals surface area contributed by atoms with Crippen molar-refractivity contribution in [3.8, 4) is 33.6 Å². The Balaban J connectivity index is 1.99. The Bertz CT molecular complexity index is 1440. The number of carbonyl (C=O) groups is 2. The van der Waals surface area contributed by atoms with E-state index in [9.17, 15) is 22.8 Å². The largest absolute Gasteiger partial charge is 0.443 e. The van der Waals surface area contributed by atoms with E-state index in [1.165, 1.54) is 17.6 Å². The van der Waals surface area contributed by atoms with Gasteiger partial charge < -0.3 is 4.74 Å². The number of aromatic nitrogens is 1. The van der Waals surface area contributed by atoms with Gasteiger partial charge in [-0.3, -0.25) is 4.79 Å². The fraction of sp³-hybridized carbons (Fsp3) is 0.200. The molecular formula is C30H26F3NO3. The summed E-state index contributed by atoms with van der Waals surface area (Å²) in [6.45, 7) is 6.62. The molecule has 0 saturated carbocycles. The van der Waals surface area contributed by atoms with Crippen LogP contribution in [0.3, 0.4) is 0 Å². The van der Waals surface area contributed by atoms with Gasteiger partial charge in [-0.25, -0.2) is 9.36 Å². The maximum absolute atomic E-state index is 13.8. The monoisotopic (exact) mass is 505 g/mol. The minimum absolute atomic E-state index is 0.120. The third-order valence-electron chi connectivity index (χ3n) is 5.75. The van der Waals surface area contributed by atoms with Crippen LogP contribution >= 0.6 is 0 Å². The Morgan fingerprint density at radius 2 is 1.35 bits per heavy atom. The van der Waals surface area contributed by atoms with E-state index in [0.29, 0.717) is 27.9 Å². The molecule has 0 unspecified atom stereocenters. The molecule has 0 saturated heterocycles. The molecule has 0 aliphatic heterocycles. The van der Waals surface area contributed by atoms with Crippen LogP contribution in [0.1, 0.15) is 43.6 Å².